The molecule has 0 amide bonds. The number of nitrogen functional groups attached to an aromatic ring is 1. The summed E-state index contributed by atoms with van der Waals surface area (Å²) in [5.74, 6) is 0.357. The fraction of sp³-hybridized carbons (Fsp3) is 0.571. The first-order valence-corrected chi connectivity index (χ1v) is 8.39. The van der Waals surface area contributed by atoms with Crippen molar-refractivity contribution in [2.45, 2.75) is 39.5 Å². The molecule has 0 aliphatic rings. The predicted molar refractivity (Wildman–Crippen MR) is 84.4 cm³/mol. The molecule has 0 atom stereocenters. The van der Waals surface area contributed by atoms with Crippen molar-refractivity contribution < 1.29 is 8.42 Å². The van der Waals surface area contributed by atoms with E-state index in [2.05, 4.69) is 18.6 Å². The van der Waals surface area contributed by atoms with Gasteiger partial charge in [-0.05, 0) is 36.0 Å². The Hall–Kier alpha value is -0.780. The van der Waals surface area contributed by atoms with Crippen molar-refractivity contribution in [1.82, 2.24) is 4.72 Å². The number of halogens is 1. The highest BCUT2D eigenvalue weighted by Gasteiger charge is 2.26. The van der Waals surface area contributed by atoms with Gasteiger partial charge in [-0.1, -0.05) is 39.3 Å². The maximum atomic E-state index is 12.4. The highest BCUT2D eigenvalue weighted by molar-refractivity contribution is 7.89. The van der Waals surface area contributed by atoms with Crippen LogP contribution in [0, 0.1) is 18.3 Å². The summed E-state index contributed by atoms with van der Waals surface area (Å²) < 4.78 is 27.5. The quantitative estimate of drug-likeness (QED) is 0.819. The zero-order valence-electron chi connectivity index (χ0n) is 12.6. The first-order valence-electron chi connectivity index (χ1n) is 6.52. The highest BCUT2D eigenvalue weighted by atomic mass is 35.5. The summed E-state index contributed by atoms with van der Waals surface area (Å²) in [5.41, 5.74) is 6.53. The molecule has 0 bridgehead atoms. The number of sulfonamides is 1. The number of hydrogen-bond acceptors (Lipinski definition) is 3. The van der Waals surface area contributed by atoms with Gasteiger partial charge in [-0.3, -0.25) is 0 Å². The van der Waals surface area contributed by atoms with Crippen molar-refractivity contribution in [3.63, 3.8) is 0 Å². The van der Waals surface area contributed by atoms with Crippen LogP contribution in [0.5, 0.6) is 0 Å². The molecule has 1 aromatic rings. The average Bonchev–Trinajstić information content (AvgIpc) is 2.31. The highest BCUT2D eigenvalue weighted by Crippen LogP contribution is 2.28. The molecule has 0 saturated heterocycles. The number of benzene rings is 1. The average molecular weight is 319 g/mol. The lowest BCUT2D eigenvalue weighted by Crippen LogP contribution is -2.37. The molecule has 1 rings (SSSR count). The first kappa shape index (κ1) is 17.3. The second kappa shape index (κ2) is 5.92. The summed E-state index contributed by atoms with van der Waals surface area (Å²) in [4.78, 5) is 0.141. The van der Waals surface area contributed by atoms with Crippen molar-refractivity contribution in [2.75, 3.05) is 12.3 Å². The summed E-state index contributed by atoms with van der Waals surface area (Å²) in [6.07, 6.45) is 0. The number of hydrogen-bond donors (Lipinski definition) is 2. The Kier molecular flexibility index (Phi) is 5.11. The summed E-state index contributed by atoms with van der Waals surface area (Å²) in [6, 6.07) is 2.98. The Bertz CT molecular complexity index is 595. The van der Waals surface area contributed by atoms with Crippen LogP contribution in [0.25, 0.3) is 0 Å². The van der Waals surface area contributed by atoms with E-state index in [-0.39, 0.29) is 10.3 Å². The van der Waals surface area contributed by atoms with Crippen LogP contribution in [0.4, 0.5) is 5.69 Å². The van der Waals surface area contributed by atoms with Gasteiger partial charge in [0, 0.05) is 17.3 Å². The second-order valence-electron chi connectivity index (χ2n) is 6.09. The monoisotopic (exact) mass is 318 g/mol. The molecular formula is C14H23ClN2O2S. The normalized spacial score (nSPS) is 12.9. The second-order valence-corrected chi connectivity index (χ2v) is 8.26. The van der Waals surface area contributed by atoms with Crippen LogP contribution >= 0.6 is 11.6 Å². The molecule has 0 heterocycles. The van der Waals surface area contributed by atoms with E-state index in [9.17, 15) is 8.42 Å². The lowest BCUT2D eigenvalue weighted by molar-refractivity contribution is 0.252. The molecule has 4 nitrogen and oxygen atoms in total. The van der Waals surface area contributed by atoms with E-state index in [4.69, 9.17) is 17.3 Å². The Morgan fingerprint density at radius 1 is 1.35 bits per heavy atom. The van der Waals surface area contributed by atoms with Crippen molar-refractivity contribution in [3.8, 4) is 0 Å². The molecule has 20 heavy (non-hydrogen) atoms. The van der Waals surface area contributed by atoms with Gasteiger partial charge in [0.25, 0.3) is 0 Å². The van der Waals surface area contributed by atoms with E-state index in [1.165, 1.54) is 6.07 Å². The Labute approximate surface area is 126 Å². The van der Waals surface area contributed by atoms with Crippen LogP contribution in [0.1, 0.15) is 33.3 Å². The fourth-order valence-electron chi connectivity index (χ4n) is 1.52. The van der Waals surface area contributed by atoms with Crippen LogP contribution in [0.2, 0.25) is 5.02 Å². The van der Waals surface area contributed by atoms with E-state index >= 15 is 0 Å². The fourth-order valence-corrected chi connectivity index (χ4v) is 3.33. The Morgan fingerprint density at radius 3 is 2.40 bits per heavy atom. The van der Waals surface area contributed by atoms with E-state index in [0.29, 0.717) is 28.7 Å². The van der Waals surface area contributed by atoms with E-state index in [1.54, 1.807) is 13.0 Å². The summed E-state index contributed by atoms with van der Waals surface area (Å²) in [6.45, 7) is 10.2. The van der Waals surface area contributed by atoms with Crippen LogP contribution in [-0.2, 0) is 10.0 Å². The van der Waals surface area contributed by atoms with Crippen LogP contribution < -0.4 is 10.5 Å². The molecule has 0 aliphatic carbocycles. The molecule has 0 spiro atoms. The molecule has 0 saturated carbocycles. The van der Waals surface area contributed by atoms with Crippen LogP contribution in [0.15, 0.2) is 17.0 Å². The number of rotatable bonds is 5. The Balaban J connectivity index is 3.07. The van der Waals surface area contributed by atoms with Gasteiger partial charge >= 0.3 is 0 Å². The molecule has 0 radical (unpaired) electrons. The zero-order valence-corrected chi connectivity index (χ0v) is 14.2. The van der Waals surface area contributed by atoms with Crippen molar-refractivity contribution in [2.24, 2.45) is 11.3 Å². The molecule has 0 fully saturated rings. The van der Waals surface area contributed by atoms with Crippen molar-refractivity contribution >= 4 is 27.3 Å². The smallest absolute Gasteiger partial charge is 0.240 e. The molecule has 0 unspecified atom stereocenters. The minimum absolute atomic E-state index is 0.134. The van der Waals surface area contributed by atoms with Gasteiger partial charge in [0.05, 0.1) is 4.90 Å². The minimum Gasteiger partial charge on any atom is -0.398 e. The van der Waals surface area contributed by atoms with E-state index in [0.717, 1.165) is 0 Å². The molecular weight excluding hydrogens is 296 g/mol. The third-order valence-electron chi connectivity index (χ3n) is 3.94. The molecule has 3 N–H and O–H groups in total. The van der Waals surface area contributed by atoms with Crippen molar-refractivity contribution in [1.29, 1.82) is 0 Å². The predicted octanol–water partition coefficient (Wildman–Crippen LogP) is 3.19. The van der Waals surface area contributed by atoms with Crippen LogP contribution in [0.3, 0.4) is 0 Å². The maximum Gasteiger partial charge on any atom is 0.240 e. The van der Waals surface area contributed by atoms with Gasteiger partial charge in [-0.25, -0.2) is 13.1 Å². The summed E-state index contributed by atoms with van der Waals surface area (Å²) in [5, 5.41) is 0.316. The molecule has 1 aromatic carbocycles. The van der Waals surface area contributed by atoms with Gasteiger partial charge in [0.2, 0.25) is 10.0 Å². The van der Waals surface area contributed by atoms with Gasteiger partial charge in [-0.15, -0.1) is 0 Å². The van der Waals surface area contributed by atoms with E-state index in [1.807, 2.05) is 13.8 Å². The number of nitrogens with one attached hydrogen (secondary N) is 1. The SMILES string of the molecule is Cc1c(N)cc(Cl)cc1S(=O)(=O)NCC(C)(C)C(C)C. The van der Waals surface area contributed by atoms with Crippen LogP contribution in [-0.4, -0.2) is 15.0 Å². The van der Waals surface area contributed by atoms with Gasteiger partial charge in [0.1, 0.15) is 0 Å². The third-order valence-corrected chi connectivity index (χ3v) is 5.68. The molecule has 0 aromatic heterocycles. The van der Waals surface area contributed by atoms with E-state index < -0.39 is 10.0 Å². The third kappa shape index (κ3) is 3.87. The van der Waals surface area contributed by atoms with Gasteiger partial charge < -0.3 is 5.73 Å². The largest absolute Gasteiger partial charge is 0.398 e. The standard InChI is InChI=1S/C14H23ClN2O2S/c1-9(2)14(4,5)8-17-20(18,19)13-7-11(15)6-12(16)10(13)3/h6-7,9,17H,8,16H2,1-5H3. The number of anilines is 1. The summed E-state index contributed by atoms with van der Waals surface area (Å²) in [7, 11) is -3.62. The molecule has 6 heteroatoms. The first-order chi connectivity index (χ1) is 8.97. The molecule has 114 valence electrons. The topological polar surface area (TPSA) is 72.2 Å². The molecule has 0 aliphatic heterocycles. The van der Waals surface area contributed by atoms with Gasteiger partial charge in [-0.2, -0.15) is 0 Å². The van der Waals surface area contributed by atoms with Gasteiger partial charge in [0.15, 0.2) is 0 Å². The Morgan fingerprint density at radius 2 is 1.90 bits per heavy atom. The summed E-state index contributed by atoms with van der Waals surface area (Å²) >= 11 is 5.90. The lowest BCUT2D eigenvalue weighted by atomic mass is 9.81. The minimum atomic E-state index is -3.62. The zero-order chi connectivity index (χ0) is 15.7. The van der Waals surface area contributed by atoms with Crippen molar-refractivity contribution in [3.05, 3.63) is 22.7 Å². The lowest BCUT2D eigenvalue weighted by Gasteiger charge is -2.29. The maximum absolute atomic E-state index is 12.4. The number of nitrogens with two attached hydrogens (primary N) is 1.